The molecule has 1 aliphatic carbocycles. The van der Waals surface area contributed by atoms with E-state index in [-0.39, 0.29) is 53.6 Å². The van der Waals surface area contributed by atoms with Crippen LogP contribution in [0.4, 0.5) is 5.69 Å². The number of hydrogen-bond donors (Lipinski definition) is 2. The number of benzene rings is 3. The fourth-order valence-electron chi connectivity index (χ4n) is 7.39. The van der Waals surface area contributed by atoms with E-state index in [4.69, 9.17) is 9.47 Å². The van der Waals surface area contributed by atoms with Gasteiger partial charge in [0.1, 0.15) is 24.1 Å². The normalized spacial score (nSPS) is 20.0. The van der Waals surface area contributed by atoms with Crippen molar-refractivity contribution in [3.8, 4) is 11.5 Å². The molecule has 278 valence electrons. The number of nitrogens with zero attached hydrogens (tertiary/aromatic N) is 3. The number of amides is 4. The summed E-state index contributed by atoms with van der Waals surface area (Å²) in [5.41, 5.74) is 4.00. The van der Waals surface area contributed by atoms with Gasteiger partial charge in [-0.25, -0.2) is 9.97 Å². The number of ketones is 1. The summed E-state index contributed by atoms with van der Waals surface area (Å²) in [6, 6.07) is 22.4. The number of nitrogens with one attached hydrogen (secondary N) is 2. The lowest BCUT2D eigenvalue weighted by Gasteiger charge is -2.30. The molecule has 7 rings (SSSR count). The first-order chi connectivity index (χ1) is 26.0. The molecule has 3 heterocycles. The second kappa shape index (κ2) is 15.2. The van der Waals surface area contributed by atoms with Crippen molar-refractivity contribution in [2.24, 2.45) is 5.92 Å². The zero-order chi connectivity index (χ0) is 38.0. The van der Waals surface area contributed by atoms with E-state index in [1.807, 2.05) is 24.3 Å². The third-order valence-electron chi connectivity index (χ3n) is 10.7. The Morgan fingerprint density at radius 2 is 1.48 bits per heavy atom. The van der Waals surface area contributed by atoms with Crippen LogP contribution in [0, 0.1) is 5.92 Å². The van der Waals surface area contributed by atoms with Gasteiger partial charge in [-0.2, -0.15) is 0 Å². The van der Waals surface area contributed by atoms with E-state index in [1.54, 1.807) is 30.5 Å². The summed E-state index contributed by atoms with van der Waals surface area (Å²) in [6.07, 6.45) is 5.65. The lowest BCUT2D eigenvalue weighted by atomic mass is 9.78. The number of piperidine rings is 1. The van der Waals surface area contributed by atoms with Crippen LogP contribution in [-0.4, -0.2) is 63.0 Å². The Hall–Kier alpha value is -5.91. The Labute approximate surface area is 313 Å². The van der Waals surface area contributed by atoms with Crippen molar-refractivity contribution in [2.75, 3.05) is 11.9 Å². The molecule has 3 aromatic carbocycles. The quantitative estimate of drug-likeness (QED) is 0.130. The van der Waals surface area contributed by atoms with Gasteiger partial charge in [-0.05, 0) is 97.7 Å². The van der Waals surface area contributed by atoms with Crippen LogP contribution in [0.5, 0.6) is 11.5 Å². The first-order valence-electron chi connectivity index (χ1n) is 18.4. The molecule has 1 aromatic heterocycles. The first-order valence-corrected chi connectivity index (χ1v) is 18.4. The van der Waals surface area contributed by atoms with Crippen LogP contribution in [0.1, 0.15) is 107 Å². The number of rotatable bonds is 12. The fourth-order valence-corrected chi connectivity index (χ4v) is 7.39. The average molecular weight is 730 g/mol. The smallest absolute Gasteiger partial charge is 0.262 e. The molecule has 0 radical (unpaired) electrons. The molecule has 2 N–H and O–H groups in total. The SMILES string of the molecule is CC(=O)c1nccc(COc2ccc(C(C)(C)c3ccc(OCC4CCC(Nc5ccc6c(c5)C(=O)N(C5CCC(=O)NC5=O)C6=O)CC4)cc3)cc2)n1. The van der Waals surface area contributed by atoms with Gasteiger partial charge in [0.05, 0.1) is 23.4 Å². The maximum absolute atomic E-state index is 13.2. The third-order valence-corrected chi connectivity index (χ3v) is 10.7. The van der Waals surface area contributed by atoms with E-state index in [0.29, 0.717) is 24.0 Å². The van der Waals surface area contributed by atoms with Crippen molar-refractivity contribution >= 4 is 35.1 Å². The van der Waals surface area contributed by atoms with Gasteiger partial charge in [0, 0.05) is 36.7 Å². The number of aromatic nitrogens is 2. The number of imide groups is 2. The topological polar surface area (TPSA) is 157 Å². The molecule has 1 atom stereocenters. The molecule has 1 saturated carbocycles. The monoisotopic (exact) mass is 729 g/mol. The minimum Gasteiger partial charge on any atom is -0.493 e. The number of carbonyl (C=O) groups excluding carboxylic acids is 5. The minimum atomic E-state index is -0.979. The summed E-state index contributed by atoms with van der Waals surface area (Å²) in [5, 5.41) is 5.76. The number of fused-ring (bicyclic) bond motifs is 1. The molecule has 54 heavy (non-hydrogen) atoms. The highest BCUT2D eigenvalue weighted by Crippen LogP contribution is 2.35. The van der Waals surface area contributed by atoms with E-state index in [0.717, 1.165) is 53.1 Å². The Bertz CT molecular complexity index is 2090. The summed E-state index contributed by atoms with van der Waals surface area (Å²) >= 11 is 0. The molecule has 4 amide bonds. The number of hydrogen-bond acceptors (Lipinski definition) is 10. The minimum absolute atomic E-state index is 0.0866. The van der Waals surface area contributed by atoms with Gasteiger partial charge in [0.15, 0.2) is 11.6 Å². The van der Waals surface area contributed by atoms with E-state index in [1.165, 1.54) is 6.92 Å². The average Bonchev–Trinajstić information content (AvgIpc) is 3.42. The Balaban J connectivity index is 0.870. The number of Topliss-reactive ketones (excluding diaryl/α,β-unsaturated/α-hetero) is 1. The molecule has 12 heteroatoms. The lowest BCUT2D eigenvalue weighted by molar-refractivity contribution is -0.136. The van der Waals surface area contributed by atoms with Crippen LogP contribution in [0.15, 0.2) is 79.0 Å². The predicted molar refractivity (Wildman–Crippen MR) is 199 cm³/mol. The molecule has 2 fully saturated rings. The fraction of sp³-hybridized carbons (Fsp3) is 0.357. The van der Waals surface area contributed by atoms with E-state index in [2.05, 4.69) is 58.7 Å². The number of carbonyl (C=O) groups is 5. The predicted octanol–water partition coefficient (Wildman–Crippen LogP) is 6.04. The maximum atomic E-state index is 13.2. The highest BCUT2D eigenvalue weighted by molar-refractivity contribution is 6.23. The summed E-state index contributed by atoms with van der Waals surface area (Å²) < 4.78 is 12.1. The van der Waals surface area contributed by atoms with E-state index in [9.17, 15) is 24.0 Å². The third kappa shape index (κ3) is 7.73. The molecule has 1 unspecified atom stereocenters. The molecule has 0 spiro atoms. The van der Waals surface area contributed by atoms with E-state index >= 15 is 0 Å². The standard InChI is InChI=1S/C42H43N5O7/c1-25(48)38-43-21-20-31(45-38)24-54-33-15-8-28(9-16-33)42(2,3)27-6-13-32(14-7-27)53-23-26-4-10-29(11-5-26)44-30-12-17-34-35(22-30)41(52)47(40(34)51)36-18-19-37(49)46-39(36)50/h6-9,12-17,20-22,26,29,36,44H,4-5,10-11,18-19,23-24H2,1-3H3,(H,46,49,50). The second-order valence-corrected chi connectivity index (χ2v) is 14.8. The first kappa shape index (κ1) is 36.4. The van der Waals surface area contributed by atoms with Crippen molar-refractivity contribution in [2.45, 2.75) is 83.4 Å². The summed E-state index contributed by atoms with van der Waals surface area (Å²) in [6.45, 7) is 6.68. The van der Waals surface area contributed by atoms with Crippen molar-refractivity contribution in [3.05, 3.63) is 113 Å². The van der Waals surface area contributed by atoms with Crippen molar-refractivity contribution in [3.63, 3.8) is 0 Å². The molecular weight excluding hydrogens is 686 g/mol. The van der Waals surface area contributed by atoms with Gasteiger partial charge in [-0.1, -0.05) is 38.1 Å². The van der Waals surface area contributed by atoms with Gasteiger partial charge >= 0.3 is 0 Å². The van der Waals surface area contributed by atoms with E-state index < -0.39 is 29.7 Å². The summed E-state index contributed by atoms with van der Waals surface area (Å²) in [4.78, 5) is 71.0. The van der Waals surface area contributed by atoms with Crippen LogP contribution in [0.25, 0.3) is 0 Å². The summed E-state index contributed by atoms with van der Waals surface area (Å²) in [5.74, 6) is -0.0598. The number of anilines is 1. The highest BCUT2D eigenvalue weighted by atomic mass is 16.5. The molecule has 1 saturated heterocycles. The van der Waals surface area contributed by atoms with Crippen molar-refractivity contribution < 1.29 is 33.4 Å². The van der Waals surface area contributed by atoms with Gasteiger partial charge < -0.3 is 14.8 Å². The van der Waals surface area contributed by atoms with Crippen LogP contribution in [-0.2, 0) is 21.6 Å². The molecule has 4 aromatic rings. The second-order valence-electron chi connectivity index (χ2n) is 14.8. The molecule has 12 nitrogen and oxygen atoms in total. The maximum Gasteiger partial charge on any atom is 0.262 e. The zero-order valence-electron chi connectivity index (χ0n) is 30.6. The Kier molecular flexibility index (Phi) is 10.3. The van der Waals surface area contributed by atoms with Gasteiger partial charge in [-0.15, -0.1) is 0 Å². The van der Waals surface area contributed by atoms with Gasteiger partial charge in [-0.3, -0.25) is 34.2 Å². The highest BCUT2D eigenvalue weighted by Gasteiger charge is 2.44. The van der Waals surface area contributed by atoms with Gasteiger partial charge in [0.2, 0.25) is 11.8 Å². The van der Waals surface area contributed by atoms with Crippen LogP contribution in [0.2, 0.25) is 0 Å². The molecule has 3 aliphatic rings. The largest absolute Gasteiger partial charge is 0.493 e. The zero-order valence-corrected chi connectivity index (χ0v) is 30.6. The Morgan fingerprint density at radius 3 is 2.13 bits per heavy atom. The summed E-state index contributed by atoms with van der Waals surface area (Å²) in [7, 11) is 0. The van der Waals surface area contributed by atoms with Crippen LogP contribution < -0.4 is 20.1 Å². The van der Waals surface area contributed by atoms with Crippen LogP contribution >= 0.6 is 0 Å². The van der Waals surface area contributed by atoms with Crippen molar-refractivity contribution in [1.82, 2.24) is 20.2 Å². The molecular formula is C42H43N5O7. The van der Waals surface area contributed by atoms with Gasteiger partial charge in [0.25, 0.3) is 11.8 Å². The molecule has 0 bridgehead atoms. The van der Waals surface area contributed by atoms with Crippen molar-refractivity contribution in [1.29, 1.82) is 0 Å². The Morgan fingerprint density at radius 1 is 0.833 bits per heavy atom. The number of ether oxygens (including phenoxy) is 2. The van der Waals surface area contributed by atoms with Crippen LogP contribution in [0.3, 0.4) is 0 Å². The molecule has 2 aliphatic heterocycles. The lowest BCUT2D eigenvalue weighted by Crippen LogP contribution is -2.54.